The molecule has 0 aliphatic rings. The van der Waals surface area contributed by atoms with Gasteiger partial charge in [0.2, 0.25) is 0 Å². The molecule has 0 N–H and O–H groups in total. The second kappa shape index (κ2) is 3.97. The molecule has 0 aliphatic heterocycles. The standard InChI is InChI=1S/C12H13NO/c1-8-5-11(10(3)7-13)12(14-4)6-9(8)2/h5-6H,3H2,1-2,4H3. The lowest BCUT2D eigenvalue weighted by Gasteiger charge is -2.10. The number of nitriles is 1. The molecule has 0 saturated carbocycles. The van der Waals surface area contributed by atoms with Crippen molar-refractivity contribution < 1.29 is 4.74 Å². The molecule has 1 aromatic carbocycles. The van der Waals surface area contributed by atoms with Crippen LogP contribution >= 0.6 is 0 Å². The number of hydrogen-bond acceptors (Lipinski definition) is 2. The highest BCUT2D eigenvalue weighted by molar-refractivity contribution is 5.79. The summed E-state index contributed by atoms with van der Waals surface area (Å²) in [6, 6.07) is 5.88. The summed E-state index contributed by atoms with van der Waals surface area (Å²) in [6.07, 6.45) is 0. The van der Waals surface area contributed by atoms with Crippen LogP contribution in [0.2, 0.25) is 0 Å². The molecule has 0 bridgehead atoms. The van der Waals surface area contributed by atoms with Gasteiger partial charge in [-0.1, -0.05) is 6.58 Å². The van der Waals surface area contributed by atoms with Gasteiger partial charge in [-0.2, -0.15) is 5.26 Å². The average molecular weight is 187 g/mol. The lowest BCUT2D eigenvalue weighted by Crippen LogP contribution is -1.93. The Morgan fingerprint density at radius 1 is 1.36 bits per heavy atom. The number of aryl methyl sites for hydroxylation is 2. The van der Waals surface area contributed by atoms with Crippen molar-refractivity contribution in [2.45, 2.75) is 13.8 Å². The molecule has 0 aromatic heterocycles. The number of benzene rings is 1. The molecule has 0 fully saturated rings. The van der Waals surface area contributed by atoms with Gasteiger partial charge in [0.1, 0.15) is 5.75 Å². The van der Waals surface area contributed by atoms with Gasteiger partial charge in [-0.15, -0.1) is 0 Å². The highest BCUT2D eigenvalue weighted by Crippen LogP contribution is 2.27. The van der Waals surface area contributed by atoms with Crippen LogP contribution in [0, 0.1) is 25.2 Å². The van der Waals surface area contributed by atoms with Crippen molar-refractivity contribution in [2.75, 3.05) is 7.11 Å². The summed E-state index contributed by atoms with van der Waals surface area (Å²) in [7, 11) is 1.60. The normalized spacial score (nSPS) is 9.29. The molecule has 0 unspecified atom stereocenters. The first-order valence-corrected chi connectivity index (χ1v) is 4.34. The summed E-state index contributed by atoms with van der Waals surface area (Å²) >= 11 is 0. The molecule has 2 nitrogen and oxygen atoms in total. The first-order valence-electron chi connectivity index (χ1n) is 4.34. The van der Waals surface area contributed by atoms with Gasteiger partial charge >= 0.3 is 0 Å². The van der Waals surface area contributed by atoms with E-state index in [1.54, 1.807) is 7.11 Å². The fraction of sp³-hybridized carbons (Fsp3) is 0.250. The second-order valence-electron chi connectivity index (χ2n) is 3.23. The molecular formula is C12H13NO. The van der Waals surface area contributed by atoms with Crippen molar-refractivity contribution in [1.29, 1.82) is 5.26 Å². The average Bonchev–Trinajstić information content (AvgIpc) is 2.20. The van der Waals surface area contributed by atoms with Crippen LogP contribution in [0.3, 0.4) is 0 Å². The summed E-state index contributed by atoms with van der Waals surface area (Å²) in [5.41, 5.74) is 3.50. The SMILES string of the molecule is C=C(C#N)c1cc(C)c(C)cc1OC. The molecular weight excluding hydrogens is 174 g/mol. The smallest absolute Gasteiger partial charge is 0.127 e. The third-order valence-corrected chi connectivity index (χ3v) is 2.28. The fourth-order valence-corrected chi connectivity index (χ4v) is 1.25. The van der Waals surface area contributed by atoms with E-state index in [2.05, 4.69) is 6.58 Å². The zero-order valence-corrected chi connectivity index (χ0v) is 8.72. The predicted molar refractivity (Wildman–Crippen MR) is 57.1 cm³/mol. The van der Waals surface area contributed by atoms with Gasteiger partial charge in [0.05, 0.1) is 18.8 Å². The number of rotatable bonds is 2. The molecule has 2 heteroatoms. The van der Waals surface area contributed by atoms with E-state index < -0.39 is 0 Å². The molecule has 72 valence electrons. The highest BCUT2D eigenvalue weighted by Gasteiger charge is 2.08. The molecule has 0 atom stereocenters. The van der Waals surface area contributed by atoms with E-state index in [9.17, 15) is 0 Å². The summed E-state index contributed by atoms with van der Waals surface area (Å²) in [6.45, 7) is 7.70. The quantitative estimate of drug-likeness (QED) is 0.667. The minimum Gasteiger partial charge on any atom is -0.496 e. The number of methoxy groups -OCH3 is 1. The number of nitrogens with zero attached hydrogens (tertiary/aromatic N) is 1. The summed E-state index contributed by atoms with van der Waals surface area (Å²) in [5.74, 6) is 0.708. The molecule has 0 radical (unpaired) electrons. The van der Waals surface area contributed by atoms with E-state index in [4.69, 9.17) is 10.00 Å². The second-order valence-corrected chi connectivity index (χ2v) is 3.23. The van der Waals surface area contributed by atoms with Gasteiger partial charge < -0.3 is 4.74 Å². The first kappa shape index (κ1) is 10.3. The maximum Gasteiger partial charge on any atom is 0.127 e. The Bertz CT molecular complexity index is 413. The Kier molecular flexibility index (Phi) is 2.93. The highest BCUT2D eigenvalue weighted by atomic mass is 16.5. The third kappa shape index (κ3) is 1.77. The predicted octanol–water partition coefficient (Wildman–Crippen LogP) is 2.85. The van der Waals surface area contributed by atoms with Gasteiger partial charge in [-0.25, -0.2) is 0 Å². The minimum atomic E-state index is 0.435. The molecule has 0 amide bonds. The Morgan fingerprint density at radius 3 is 2.43 bits per heavy atom. The van der Waals surface area contributed by atoms with Gasteiger partial charge in [-0.3, -0.25) is 0 Å². The summed E-state index contributed by atoms with van der Waals surface area (Å²) < 4.78 is 5.19. The fourth-order valence-electron chi connectivity index (χ4n) is 1.25. The van der Waals surface area contributed by atoms with Crippen LogP contribution in [0.25, 0.3) is 5.57 Å². The van der Waals surface area contributed by atoms with E-state index >= 15 is 0 Å². The van der Waals surface area contributed by atoms with Crippen LogP contribution in [0.4, 0.5) is 0 Å². The molecule has 0 saturated heterocycles. The van der Waals surface area contributed by atoms with E-state index in [1.807, 2.05) is 32.0 Å². The zero-order chi connectivity index (χ0) is 10.7. The van der Waals surface area contributed by atoms with E-state index in [0.717, 1.165) is 16.7 Å². The maximum absolute atomic E-state index is 8.76. The summed E-state index contributed by atoms with van der Waals surface area (Å²) in [4.78, 5) is 0. The van der Waals surface area contributed by atoms with Gasteiger partial charge in [0, 0.05) is 5.56 Å². The van der Waals surface area contributed by atoms with Crippen LogP contribution in [-0.2, 0) is 0 Å². The molecule has 1 aromatic rings. The Morgan fingerprint density at radius 2 is 1.93 bits per heavy atom. The number of allylic oxidation sites excluding steroid dienone is 1. The van der Waals surface area contributed by atoms with Crippen LogP contribution in [-0.4, -0.2) is 7.11 Å². The van der Waals surface area contributed by atoms with E-state index in [1.165, 1.54) is 0 Å². The van der Waals surface area contributed by atoms with Gasteiger partial charge in [0.25, 0.3) is 0 Å². The molecule has 14 heavy (non-hydrogen) atoms. The van der Waals surface area contributed by atoms with E-state index in [-0.39, 0.29) is 0 Å². The van der Waals surface area contributed by atoms with Crippen LogP contribution in [0.5, 0.6) is 5.75 Å². The van der Waals surface area contributed by atoms with Crippen LogP contribution in [0.1, 0.15) is 16.7 Å². The number of hydrogen-bond donors (Lipinski definition) is 0. The molecule has 0 aliphatic carbocycles. The Balaban J connectivity index is 3.36. The third-order valence-electron chi connectivity index (χ3n) is 2.28. The Labute approximate surface area is 84.4 Å². The monoisotopic (exact) mass is 187 g/mol. The maximum atomic E-state index is 8.76. The van der Waals surface area contributed by atoms with Crippen LogP contribution in [0.15, 0.2) is 18.7 Å². The molecule has 0 heterocycles. The van der Waals surface area contributed by atoms with Crippen molar-refractivity contribution in [1.82, 2.24) is 0 Å². The topological polar surface area (TPSA) is 33.0 Å². The van der Waals surface area contributed by atoms with Crippen molar-refractivity contribution in [3.63, 3.8) is 0 Å². The van der Waals surface area contributed by atoms with Crippen molar-refractivity contribution in [2.24, 2.45) is 0 Å². The van der Waals surface area contributed by atoms with Crippen molar-refractivity contribution in [3.8, 4) is 11.8 Å². The van der Waals surface area contributed by atoms with Crippen LogP contribution < -0.4 is 4.74 Å². The first-order chi connectivity index (χ1) is 6.60. The summed E-state index contributed by atoms with van der Waals surface area (Å²) in [5, 5.41) is 8.76. The van der Waals surface area contributed by atoms with Crippen molar-refractivity contribution >= 4 is 5.57 Å². The molecule has 1 rings (SSSR count). The molecule has 0 spiro atoms. The Hall–Kier alpha value is -1.75. The zero-order valence-electron chi connectivity index (χ0n) is 8.72. The lowest BCUT2D eigenvalue weighted by atomic mass is 10.0. The lowest BCUT2D eigenvalue weighted by molar-refractivity contribution is 0.413. The number of ether oxygens (including phenoxy) is 1. The minimum absolute atomic E-state index is 0.435. The van der Waals surface area contributed by atoms with E-state index in [0.29, 0.717) is 11.3 Å². The largest absolute Gasteiger partial charge is 0.496 e. The van der Waals surface area contributed by atoms with Crippen molar-refractivity contribution in [3.05, 3.63) is 35.4 Å². The van der Waals surface area contributed by atoms with Gasteiger partial charge in [0.15, 0.2) is 0 Å². The van der Waals surface area contributed by atoms with Gasteiger partial charge in [-0.05, 0) is 37.1 Å².